The van der Waals surface area contributed by atoms with Crippen molar-refractivity contribution in [2.45, 2.75) is 152 Å². The van der Waals surface area contributed by atoms with Crippen LogP contribution in [0.3, 0.4) is 0 Å². The van der Waals surface area contributed by atoms with E-state index in [2.05, 4.69) is 40.7 Å². The van der Waals surface area contributed by atoms with E-state index in [1.54, 1.807) is 6.92 Å². The average Bonchev–Trinajstić information content (AvgIpc) is 2.99. The number of hydrogen-bond acceptors (Lipinski definition) is 9. The standard InChI is InChI=1S/C39H62O9/c1-12-21(2)33(45)48-32-31(47-23(4)42)34(5,6)19-25-24-13-14-27-36(9)17-16-28(43)35(7,8)26(36)15-18-37(27,10)38(24,11)29(44)30(46-22(3)41)39(25,32)20-40/h13,21,25-32,40,43-44H,12,14-20H2,1-11H3/t21?,25-,26-,27+,28-,29-,30+,31-,32-,36-,37+,38-,39-/m0/s1. The van der Waals surface area contributed by atoms with Crippen LogP contribution < -0.4 is 0 Å². The van der Waals surface area contributed by atoms with E-state index in [4.69, 9.17) is 14.2 Å². The highest BCUT2D eigenvalue weighted by molar-refractivity contribution is 5.72. The molecule has 272 valence electrons. The van der Waals surface area contributed by atoms with Gasteiger partial charge in [-0.15, -0.1) is 0 Å². The van der Waals surface area contributed by atoms with Crippen LogP contribution in [0.1, 0.15) is 121 Å². The topological polar surface area (TPSA) is 140 Å². The Morgan fingerprint density at radius 1 is 0.875 bits per heavy atom. The Bertz CT molecular complexity index is 1340. The summed E-state index contributed by atoms with van der Waals surface area (Å²) in [6, 6.07) is 0. The fourth-order valence-corrected chi connectivity index (χ4v) is 12.2. The molecule has 9 nitrogen and oxygen atoms in total. The maximum absolute atomic E-state index is 13.6. The van der Waals surface area contributed by atoms with Crippen molar-refractivity contribution in [1.82, 2.24) is 0 Å². The number of carbonyl (C=O) groups excluding carboxylic acids is 3. The molecule has 5 aliphatic carbocycles. The summed E-state index contributed by atoms with van der Waals surface area (Å²) in [5, 5.41) is 35.7. The summed E-state index contributed by atoms with van der Waals surface area (Å²) in [6.07, 6.45) is 2.33. The molecule has 5 rings (SSSR count). The van der Waals surface area contributed by atoms with Gasteiger partial charge in [0.2, 0.25) is 0 Å². The van der Waals surface area contributed by atoms with Crippen LogP contribution in [0, 0.1) is 56.2 Å². The molecule has 0 saturated heterocycles. The molecule has 4 saturated carbocycles. The van der Waals surface area contributed by atoms with Gasteiger partial charge in [0.05, 0.1) is 24.0 Å². The van der Waals surface area contributed by atoms with Crippen LogP contribution in [0.4, 0.5) is 0 Å². The van der Waals surface area contributed by atoms with E-state index >= 15 is 0 Å². The van der Waals surface area contributed by atoms with Crippen molar-refractivity contribution in [3.05, 3.63) is 11.6 Å². The van der Waals surface area contributed by atoms with Gasteiger partial charge in [0, 0.05) is 24.7 Å². The third-order valence-electron chi connectivity index (χ3n) is 15.2. The lowest BCUT2D eigenvalue weighted by atomic mass is 9.32. The van der Waals surface area contributed by atoms with E-state index in [0.29, 0.717) is 18.8 Å². The summed E-state index contributed by atoms with van der Waals surface area (Å²) >= 11 is 0. The van der Waals surface area contributed by atoms with Crippen LogP contribution >= 0.6 is 0 Å². The summed E-state index contributed by atoms with van der Waals surface area (Å²) in [4.78, 5) is 39.2. The van der Waals surface area contributed by atoms with E-state index < -0.39 is 82.4 Å². The highest BCUT2D eigenvalue weighted by atomic mass is 16.6. The van der Waals surface area contributed by atoms with E-state index in [0.717, 1.165) is 37.7 Å². The van der Waals surface area contributed by atoms with Gasteiger partial charge in [0.1, 0.15) is 18.3 Å². The minimum absolute atomic E-state index is 0.0937. The van der Waals surface area contributed by atoms with Gasteiger partial charge in [-0.3, -0.25) is 14.4 Å². The lowest BCUT2D eigenvalue weighted by Gasteiger charge is -2.73. The molecule has 0 aromatic carbocycles. The summed E-state index contributed by atoms with van der Waals surface area (Å²) in [5.41, 5.74) is -2.79. The molecule has 0 aliphatic heterocycles. The Kier molecular flexibility index (Phi) is 9.38. The second-order valence-electron chi connectivity index (χ2n) is 18.2. The first-order chi connectivity index (χ1) is 22.1. The monoisotopic (exact) mass is 674 g/mol. The van der Waals surface area contributed by atoms with Gasteiger partial charge in [-0.2, -0.15) is 0 Å². The Morgan fingerprint density at radius 3 is 2.04 bits per heavy atom. The zero-order valence-electron chi connectivity index (χ0n) is 31.2. The molecule has 0 aromatic heterocycles. The van der Waals surface area contributed by atoms with Gasteiger partial charge in [-0.25, -0.2) is 0 Å². The van der Waals surface area contributed by atoms with Crippen molar-refractivity contribution >= 4 is 17.9 Å². The number of rotatable bonds is 6. The number of esters is 3. The van der Waals surface area contributed by atoms with Crippen molar-refractivity contribution in [3.63, 3.8) is 0 Å². The molecule has 3 N–H and O–H groups in total. The Morgan fingerprint density at radius 2 is 1.48 bits per heavy atom. The van der Waals surface area contributed by atoms with Crippen molar-refractivity contribution in [1.29, 1.82) is 0 Å². The molecular formula is C39H62O9. The number of hydrogen-bond donors (Lipinski definition) is 3. The van der Waals surface area contributed by atoms with Crippen LogP contribution in [0.2, 0.25) is 0 Å². The summed E-state index contributed by atoms with van der Waals surface area (Å²) in [7, 11) is 0. The molecule has 0 heterocycles. The Balaban J connectivity index is 1.75. The third-order valence-corrected chi connectivity index (χ3v) is 15.2. The molecule has 1 unspecified atom stereocenters. The first-order valence-corrected chi connectivity index (χ1v) is 18.3. The lowest BCUT2D eigenvalue weighted by molar-refractivity contribution is -0.296. The zero-order chi connectivity index (χ0) is 36.0. The predicted octanol–water partition coefficient (Wildman–Crippen LogP) is 5.76. The average molecular weight is 675 g/mol. The normalized spacial score (nSPS) is 46.3. The van der Waals surface area contributed by atoms with Crippen molar-refractivity contribution in [2.75, 3.05) is 6.61 Å². The van der Waals surface area contributed by atoms with Gasteiger partial charge in [0.15, 0.2) is 6.10 Å². The number of allylic oxidation sites excluding steroid dienone is 1. The van der Waals surface area contributed by atoms with Gasteiger partial charge < -0.3 is 29.5 Å². The summed E-state index contributed by atoms with van der Waals surface area (Å²) < 4.78 is 18.5. The fraction of sp³-hybridized carbons (Fsp3) is 0.872. The van der Waals surface area contributed by atoms with Crippen molar-refractivity contribution in [2.24, 2.45) is 56.2 Å². The van der Waals surface area contributed by atoms with Crippen molar-refractivity contribution in [3.8, 4) is 0 Å². The molecule has 0 aromatic rings. The van der Waals surface area contributed by atoms with Crippen LogP contribution in [-0.2, 0) is 28.6 Å². The molecule has 4 fully saturated rings. The van der Waals surface area contributed by atoms with E-state index in [-0.39, 0.29) is 22.9 Å². The van der Waals surface area contributed by atoms with Crippen molar-refractivity contribution < 1.29 is 43.9 Å². The van der Waals surface area contributed by atoms with Gasteiger partial charge in [0.25, 0.3) is 0 Å². The van der Waals surface area contributed by atoms with E-state index in [9.17, 15) is 29.7 Å². The quantitative estimate of drug-likeness (QED) is 0.182. The highest BCUT2D eigenvalue weighted by Crippen LogP contribution is 2.76. The fourth-order valence-electron chi connectivity index (χ4n) is 12.2. The maximum Gasteiger partial charge on any atom is 0.309 e. The number of carbonyl (C=O) groups is 3. The molecule has 0 bridgehead atoms. The smallest absolute Gasteiger partial charge is 0.309 e. The first-order valence-electron chi connectivity index (χ1n) is 18.3. The Hall–Kier alpha value is -1.97. The van der Waals surface area contributed by atoms with E-state index in [1.165, 1.54) is 13.8 Å². The number of fused-ring (bicyclic) bond motifs is 7. The van der Waals surface area contributed by atoms with Gasteiger partial charge in [-0.05, 0) is 78.9 Å². The highest BCUT2D eigenvalue weighted by Gasteiger charge is 2.77. The Labute approximate surface area is 287 Å². The second-order valence-corrected chi connectivity index (χ2v) is 18.2. The molecule has 13 atom stereocenters. The predicted molar refractivity (Wildman–Crippen MR) is 180 cm³/mol. The second kappa shape index (κ2) is 12.1. The number of aliphatic hydroxyl groups is 3. The zero-order valence-corrected chi connectivity index (χ0v) is 31.2. The lowest BCUT2D eigenvalue weighted by Crippen LogP contribution is -2.77. The van der Waals surface area contributed by atoms with Crippen LogP contribution in [0.25, 0.3) is 0 Å². The van der Waals surface area contributed by atoms with Crippen LogP contribution in [-0.4, -0.2) is 70.4 Å². The molecule has 5 aliphatic rings. The largest absolute Gasteiger partial charge is 0.459 e. The number of ether oxygens (including phenoxy) is 3. The third kappa shape index (κ3) is 4.97. The molecular weight excluding hydrogens is 612 g/mol. The molecule has 48 heavy (non-hydrogen) atoms. The maximum atomic E-state index is 13.6. The summed E-state index contributed by atoms with van der Waals surface area (Å²) in [6.45, 7) is 20.9. The van der Waals surface area contributed by atoms with E-state index in [1.807, 2.05) is 20.8 Å². The van der Waals surface area contributed by atoms with Gasteiger partial charge in [-0.1, -0.05) is 74.0 Å². The summed E-state index contributed by atoms with van der Waals surface area (Å²) in [5.74, 6) is -2.09. The van der Waals surface area contributed by atoms with Crippen LogP contribution in [0.15, 0.2) is 11.6 Å². The van der Waals surface area contributed by atoms with Gasteiger partial charge >= 0.3 is 17.9 Å². The molecule has 0 amide bonds. The molecule has 0 spiro atoms. The SMILES string of the molecule is CCC(C)C(=O)O[C@H]1[C@H](OC(C)=O)C(C)(C)C[C@H]2C3=CC[C@@H]4[C@@]5(C)CC[C@H](O)C(C)(C)[C@@H]5CC[C@@]4(C)[C@]3(C)[C@@H](O)[C@@H](OC(C)=O)[C@]21CO. The molecule has 0 radical (unpaired) electrons. The minimum atomic E-state index is -1.48. The number of aliphatic hydroxyl groups excluding tert-OH is 3. The molecule has 9 heteroatoms. The minimum Gasteiger partial charge on any atom is -0.459 e. The van der Waals surface area contributed by atoms with Crippen LogP contribution in [0.5, 0.6) is 0 Å². The first kappa shape index (κ1) is 37.3.